The van der Waals surface area contributed by atoms with E-state index in [0.29, 0.717) is 31.8 Å². The highest BCUT2D eigenvalue weighted by Crippen LogP contribution is 2.67. The average Bonchev–Trinajstić information content (AvgIpc) is 3.48. The van der Waals surface area contributed by atoms with E-state index in [-0.39, 0.29) is 37.5 Å². The summed E-state index contributed by atoms with van der Waals surface area (Å²) in [6, 6.07) is -1.55. The van der Waals surface area contributed by atoms with Crippen LogP contribution in [0, 0.1) is 46.3 Å². The number of allylic oxidation sites excluding steroid dienone is 1. The van der Waals surface area contributed by atoms with Gasteiger partial charge in [0.1, 0.15) is 12.1 Å². The molecule has 0 aliphatic heterocycles. The van der Waals surface area contributed by atoms with Crippen LogP contribution in [-0.4, -0.2) is 91.7 Å². The van der Waals surface area contributed by atoms with Gasteiger partial charge in [-0.3, -0.25) is 14.4 Å². The number of hydrogen-bond donors (Lipinski definition) is 5. The minimum absolute atomic E-state index is 0.104. The molecule has 1 unspecified atom stereocenters. The summed E-state index contributed by atoms with van der Waals surface area (Å²) in [4.78, 5) is 58.2. The van der Waals surface area contributed by atoms with Gasteiger partial charge in [0, 0.05) is 32.4 Å². The van der Waals surface area contributed by atoms with Crippen molar-refractivity contribution in [2.45, 2.75) is 137 Å². The van der Waals surface area contributed by atoms with Crippen molar-refractivity contribution < 1.29 is 48.4 Å². The van der Waals surface area contributed by atoms with Crippen LogP contribution in [0.3, 0.4) is 0 Å². The molecule has 0 spiro atoms. The number of ether oxygens (including phenoxy) is 3. The Bertz CT molecular complexity index is 1350. The monoisotopic (exact) mass is 775 g/mol. The molecule has 0 bridgehead atoms. The molecular formula is C42H69N3O10. The Hall–Kier alpha value is -3.19. The summed E-state index contributed by atoms with van der Waals surface area (Å²) in [5, 5.41) is 25.2. The highest BCUT2D eigenvalue weighted by molar-refractivity contribution is 5.88. The summed E-state index contributed by atoms with van der Waals surface area (Å²) in [5.41, 5.74) is 2.20. The number of amides is 3. The Kier molecular flexibility index (Phi) is 16.9. The molecule has 3 amide bonds. The van der Waals surface area contributed by atoms with Gasteiger partial charge < -0.3 is 40.4 Å². The lowest BCUT2D eigenvalue weighted by Crippen LogP contribution is -2.51. The maximum Gasteiger partial charge on any atom is 0.407 e. The number of nitrogens with one attached hydrogen (secondary N) is 3. The lowest BCUT2D eigenvalue weighted by molar-refractivity contribution is -0.147. The maximum absolute atomic E-state index is 12.6. The molecule has 55 heavy (non-hydrogen) atoms. The number of carbonyl (C=O) groups is 5. The summed E-state index contributed by atoms with van der Waals surface area (Å²) in [5.74, 6) is 0.850. The number of carbonyl (C=O) groups excluding carboxylic acids is 3. The van der Waals surface area contributed by atoms with Crippen LogP contribution in [0.5, 0.6) is 0 Å². The van der Waals surface area contributed by atoms with Crippen LogP contribution in [0.15, 0.2) is 11.6 Å². The second kappa shape index (κ2) is 20.8. The topological polar surface area (TPSA) is 190 Å². The van der Waals surface area contributed by atoms with Gasteiger partial charge in [-0.05, 0) is 91.3 Å². The first-order valence-corrected chi connectivity index (χ1v) is 20.9. The fraction of sp³-hybridized carbons (Fsp3) is 0.833. The Morgan fingerprint density at radius 1 is 0.836 bits per heavy atom. The minimum atomic E-state index is -1.55. The van der Waals surface area contributed by atoms with Crippen LogP contribution < -0.4 is 16.0 Å². The van der Waals surface area contributed by atoms with E-state index in [0.717, 1.165) is 54.8 Å². The van der Waals surface area contributed by atoms with Gasteiger partial charge in [-0.1, -0.05) is 65.5 Å². The Morgan fingerprint density at radius 2 is 1.53 bits per heavy atom. The van der Waals surface area contributed by atoms with Gasteiger partial charge in [-0.15, -0.1) is 0 Å². The number of aliphatic carboxylic acids is 2. The first-order chi connectivity index (χ1) is 26.1. The van der Waals surface area contributed by atoms with Crippen molar-refractivity contribution in [1.82, 2.24) is 16.0 Å². The summed E-state index contributed by atoms with van der Waals surface area (Å²) >= 11 is 0. The fourth-order valence-corrected chi connectivity index (χ4v) is 10.7. The zero-order valence-electron chi connectivity index (χ0n) is 34.0. The smallest absolute Gasteiger partial charge is 0.407 e. The summed E-state index contributed by atoms with van der Waals surface area (Å²) in [7, 11) is 0. The van der Waals surface area contributed by atoms with Gasteiger partial charge in [-0.25, -0.2) is 9.59 Å². The van der Waals surface area contributed by atoms with E-state index in [1.165, 1.54) is 56.9 Å². The lowest BCUT2D eigenvalue weighted by Gasteiger charge is -2.58. The van der Waals surface area contributed by atoms with Crippen molar-refractivity contribution in [1.29, 1.82) is 0 Å². The molecule has 13 nitrogen and oxygen atoms in total. The zero-order chi connectivity index (χ0) is 40.2. The second-order valence-corrected chi connectivity index (χ2v) is 17.6. The molecule has 4 rings (SSSR count). The average molecular weight is 776 g/mol. The van der Waals surface area contributed by atoms with Gasteiger partial charge in [-0.2, -0.15) is 0 Å². The van der Waals surface area contributed by atoms with E-state index >= 15 is 0 Å². The molecule has 13 heteroatoms. The largest absolute Gasteiger partial charge is 0.481 e. The van der Waals surface area contributed by atoms with Crippen molar-refractivity contribution >= 4 is 29.8 Å². The third kappa shape index (κ3) is 12.4. The molecule has 312 valence electrons. The standard InChI is InChI=1S/C42H69N3O10/c1-27(2)7-6-8-28(3)32-11-12-33-31-10-9-29-25-30(15-17-41(29,4)34(31)16-18-42(32,33)5)55-40(52)44-20-22-54-24-23-53-21-19-43-36(46)13-14-37(47)45-35(39(50)51)26-38(48)49/h9,27-28,30-35H,6-8,10-26H2,1-5H3,(H,43,46)(H,44,52)(H,45,47)(H,48,49)(H,50,51)/t28-,30?,31+,32-,33+,34+,35+,41+,42-/m1/s1. The summed E-state index contributed by atoms with van der Waals surface area (Å²) < 4.78 is 16.9. The highest BCUT2D eigenvalue weighted by atomic mass is 16.6. The normalized spacial score (nSPS) is 29.5. The van der Waals surface area contributed by atoms with E-state index < -0.39 is 42.3 Å². The number of hydrogen-bond acceptors (Lipinski definition) is 8. The molecule has 3 saturated carbocycles. The number of carboxylic acid groups (broad SMARTS) is 2. The van der Waals surface area contributed by atoms with Gasteiger partial charge in [0.25, 0.3) is 0 Å². The quantitative estimate of drug-likeness (QED) is 0.0635. The molecule has 4 aliphatic rings. The second-order valence-electron chi connectivity index (χ2n) is 17.6. The number of fused-ring (bicyclic) bond motifs is 5. The predicted molar refractivity (Wildman–Crippen MR) is 207 cm³/mol. The number of rotatable bonds is 22. The first-order valence-electron chi connectivity index (χ1n) is 20.9. The van der Waals surface area contributed by atoms with Crippen LogP contribution in [0.25, 0.3) is 0 Å². The van der Waals surface area contributed by atoms with Crippen molar-refractivity contribution in [2.75, 3.05) is 39.5 Å². The molecule has 0 aromatic heterocycles. The third-order valence-electron chi connectivity index (χ3n) is 13.6. The molecule has 9 atom stereocenters. The van der Waals surface area contributed by atoms with E-state index in [4.69, 9.17) is 24.4 Å². The SMILES string of the molecule is CC(C)CCC[C@@H](C)[C@H]1CC[C@H]2[C@@H]3CC=C4CC(OC(=O)NCCOCCOCCNC(=O)CCC(=O)N[C@@H](CC(=O)O)C(=O)O)CC[C@]4(C)[C@H]3CC[C@]12C. The number of alkyl carbamates (subject to hydrolysis) is 1. The molecule has 0 radical (unpaired) electrons. The van der Waals surface area contributed by atoms with Crippen LogP contribution >= 0.6 is 0 Å². The van der Waals surface area contributed by atoms with Gasteiger partial charge >= 0.3 is 18.0 Å². The van der Waals surface area contributed by atoms with Crippen molar-refractivity contribution in [3.05, 3.63) is 11.6 Å². The van der Waals surface area contributed by atoms with E-state index in [1.807, 2.05) is 0 Å². The Morgan fingerprint density at radius 3 is 2.20 bits per heavy atom. The Labute approximate surface area is 327 Å². The van der Waals surface area contributed by atoms with Crippen molar-refractivity contribution in [3.8, 4) is 0 Å². The van der Waals surface area contributed by atoms with Crippen molar-refractivity contribution in [2.24, 2.45) is 46.3 Å². The predicted octanol–water partition coefficient (Wildman–Crippen LogP) is 6.10. The molecule has 4 aliphatic carbocycles. The van der Waals surface area contributed by atoms with Gasteiger partial charge in [0.05, 0.1) is 32.8 Å². The van der Waals surface area contributed by atoms with Crippen LogP contribution in [-0.2, 0) is 33.4 Å². The van der Waals surface area contributed by atoms with Crippen LogP contribution in [0.1, 0.15) is 125 Å². The number of carboxylic acids is 2. The zero-order valence-corrected chi connectivity index (χ0v) is 34.0. The molecule has 0 aromatic rings. The highest BCUT2D eigenvalue weighted by Gasteiger charge is 2.59. The summed E-state index contributed by atoms with van der Waals surface area (Å²) in [6.07, 6.45) is 14.4. The minimum Gasteiger partial charge on any atom is -0.481 e. The third-order valence-corrected chi connectivity index (χ3v) is 13.6. The Balaban J connectivity index is 1.05. The molecule has 5 N–H and O–H groups in total. The maximum atomic E-state index is 12.6. The van der Waals surface area contributed by atoms with E-state index in [2.05, 4.69) is 56.6 Å². The molecule has 3 fully saturated rings. The lowest BCUT2D eigenvalue weighted by atomic mass is 9.47. The first kappa shape index (κ1) is 44.5. The van der Waals surface area contributed by atoms with E-state index in [1.54, 1.807) is 0 Å². The van der Waals surface area contributed by atoms with Crippen LogP contribution in [0.4, 0.5) is 4.79 Å². The molecule has 0 heterocycles. The van der Waals surface area contributed by atoms with Crippen molar-refractivity contribution in [3.63, 3.8) is 0 Å². The molecule has 0 saturated heterocycles. The molecular weight excluding hydrogens is 706 g/mol. The van der Waals surface area contributed by atoms with E-state index in [9.17, 15) is 24.0 Å². The molecule has 0 aromatic carbocycles. The van der Waals surface area contributed by atoms with Gasteiger partial charge in [0.15, 0.2) is 0 Å². The van der Waals surface area contributed by atoms with Crippen LogP contribution in [0.2, 0.25) is 0 Å². The van der Waals surface area contributed by atoms with Gasteiger partial charge in [0.2, 0.25) is 11.8 Å². The fourth-order valence-electron chi connectivity index (χ4n) is 10.7. The summed E-state index contributed by atoms with van der Waals surface area (Å²) in [6.45, 7) is 14.0.